The van der Waals surface area contributed by atoms with Gasteiger partial charge in [0.2, 0.25) is 0 Å². The second-order valence-electron chi connectivity index (χ2n) is 8.33. The molecule has 2 aliphatic rings. The van der Waals surface area contributed by atoms with Gasteiger partial charge in [-0.3, -0.25) is 14.7 Å². The van der Waals surface area contributed by atoms with E-state index in [1.54, 1.807) is 0 Å². The minimum Gasteiger partial charge on any atom is -0.483 e. The van der Waals surface area contributed by atoms with Crippen molar-refractivity contribution in [2.45, 2.75) is 57.7 Å². The molecule has 31 heavy (non-hydrogen) atoms. The number of hydrogen-bond donors (Lipinski definition) is 3. The molecule has 2 aliphatic heterocycles. The number of benzene rings is 1. The minimum atomic E-state index is -0.250. The van der Waals surface area contributed by atoms with E-state index in [-0.39, 0.29) is 18.4 Å². The molecule has 4 heterocycles. The van der Waals surface area contributed by atoms with E-state index in [9.17, 15) is 4.79 Å². The molecule has 0 aliphatic carbocycles. The van der Waals surface area contributed by atoms with Crippen LogP contribution in [-0.2, 0) is 4.79 Å². The molecule has 0 radical (unpaired) electrons. The van der Waals surface area contributed by atoms with E-state index in [0.717, 1.165) is 46.3 Å². The van der Waals surface area contributed by atoms with Crippen LogP contribution in [0.15, 0.2) is 22.7 Å². The first-order chi connectivity index (χ1) is 14.9. The van der Waals surface area contributed by atoms with Crippen LogP contribution in [0.25, 0.3) is 22.0 Å². The molecule has 1 aromatic carbocycles. The average molecular weight is 425 g/mol. The van der Waals surface area contributed by atoms with Crippen LogP contribution in [0.1, 0.15) is 47.6 Å². The van der Waals surface area contributed by atoms with E-state index in [4.69, 9.17) is 14.4 Å². The third-order valence-corrected chi connectivity index (χ3v) is 6.53. The van der Waals surface area contributed by atoms with Gasteiger partial charge < -0.3 is 19.8 Å². The Kier molecular flexibility index (Phi) is 5.77. The van der Waals surface area contributed by atoms with Crippen molar-refractivity contribution in [3.8, 4) is 11.1 Å². The first-order valence-electron chi connectivity index (χ1n) is 10.4. The monoisotopic (exact) mass is 425 g/mol. The van der Waals surface area contributed by atoms with Crippen LogP contribution in [0, 0.1) is 13.8 Å². The number of carboxylic acid groups (broad SMARTS) is 1. The lowest BCUT2D eigenvalue weighted by atomic mass is 9.97. The van der Waals surface area contributed by atoms with Crippen LogP contribution in [0.4, 0.5) is 0 Å². The van der Waals surface area contributed by atoms with Crippen molar-refractivity contribution in [1.82, 2.24) is 25.6 Å². The Hall–Kier alpha value is -3.20. The van der Waals surface area contributed by atoms with Crippen LogP contribution in [0.3, 0.4) is 0 Å². The van der Waals surface area contributed by atoms with E-state index >= 15 is 0 Å². The highest BCUT2D eigenvalue weighted by atomic mass is 16.5. The zero-order chi connectivity index (χ0) is 22.1. The Morgan fingerprint density at radius 1 is 1.29 bits per heavy atom. The predicted octanol–water partition coefficient (Wildman–Crippen LogP) is 2.89. The summed E-state index contributed by atoms with van der Waals surface area (Å²) in [6.45, 7) is 3.57. The fourth-order valence-electron chi connectivity index (χ4n) is 5.02. The van der Waals surface area contributed by atoms with Gasteiger partial charge in [-0.25, -0.2) is 0 Å². The van der Waals surface area contributed by atoms with Crippen LogP contribution in [0.2, 0.25) is 0 Å². The summed E-state index contributed by atoms with van der Waals surface area (Å²) in [7, 11) is 2.21. The van der Waals surface area contributed by atoms with Gasteiger partial charge in [0.05, 0.1) is 11.2 Å². The molecule has 3 N–H and O–H groups in total. The normalized spacial score (nSPS) is 22.7. The lowest BCUT2D eigenvalue weighted by Gasteiger charge is -2.36. The lowest BCUT2D eigenvalue weighted by molar-refractivity contribution is -0.122. The van der Waals surface area contributed by atoms with Crippen molar-refractivity contribution in [1.29, 1.82) is 0 Å². The van der Waals surface area contributed by atoms with Crippen LogP contribution < -0.4 is 5.32 Å². The summed E-state index contributed by atoms with van der Waals surface area (Å²) in [5.74, 6) is 0.671. The van der Waals surface area contributed by atoms with Crippen molar-refractivity contribution < 1.29 is 19.2 Å². The molecule has 0 spiro atoms. The summed E-state index contributed by atoms with van der Waals surface area (Å²) in [6.07, 6.45) is 4.51. The number of carbonyl (C=O) groups is 2. The fraction of sp³-hybridized carbons (Fsp3) is 0.455. The number of nitrogens with one attached hydrogen (secondary N) is 2. The second kappa shape index (κ2) is 8.50. The molecule has 2 unspecified atom stereocenters. The predicted molar refractivity (Wildman–Crippen MR) is 115 cm³/mol. The number of aromatic amines is 1. The number of H-pyrrole nitrogens is 1. The van der Waals surface area contributed by atoms with Gasteiger partial charge in [0.25, 0.3) is 12.4 Å². The first kappa shape index (κ1) is 21.0. The summed E-state index contributed by atoms with van der Waals surface area (Å²) >= 11 is 0. The molecule has 0 saturated carbocycles. The number of piperidine rings is 1. The Bertz CT molecular complexity index is 1070. The number of carbonyl (C=O) groups excluding carboxylic acids is 1. The smallest absolute Gasteiger partial charge is 0.290 e. The lowest BCUT2D eigenvalue weighted by Crippen LogP contribution is -2.48. The summed E-state index contributed by atoms with van der Waals surface area (Å²) in [6, 6.07) is 7.36. The number of rotatable bonds is 3. The molecule has 3 aromatic rings. The third-order valence-electron chi connectivity index (χ3n) is 6.53. The van der Waals surface area contributed by atoms with Crippen LogP contribution >= 0.6 is 0 Å². The number of amides is 1. The fourth-order valence-corrected chi connectivity index (χ4v) is 5.02. The van der Waals surface area contributed by atoms with E-state index in [1.807, 2.05) is 32.0 Å². The standard InChI is InChI=1S/C21H25N5O2.CH2O2/c1-11-19(12(2)28-25-11)13-4-7-18-17(8-13)20(24-23-18)21(27)22-14-9-15-5-6-16(10-14)26(15)3;2-1-3/h4,7-8,14-16H,5-6,9-10H2,1-3H3,(H,22,27)(H,23,24);1H,(H,2,3). The number of hydrogen-bond acceptors (Lipinski definition) is 6. The highest BCUT2D eigenvalue weighted by Crippen LogP contribution is 2.34. The van der Waals surface area contributed by atoms with Gasteiger partial charge in [-0.05, 0) is 64.3 Å². The maximum atomic E-state index is 13.0. The Balaban J connectivity index is 0.000000730. The second-order valence-corrected chi connectivity index (χ2v) is 8.33. The van der Waals surface area contributed by atoms with Crippen molar-refractivity contribution in [3.05, 3.63) is 35.3 Å². The quantitative estimate of drug-likeness (QED) is 0.551. The molecule has 9 heteroatoms. The summed E-state index contributed by atoms with van der Waals surface area (Å²) < 4.78 is 5.30. The highest BCUT2D eigenvalue weighted by molar-refractivity contribution is 6.05. The van der Waals surface area contributed by atoms with Gasteiger partial charge in [0, 0.05) is 29.1 Å². The largest absolute Gasteiger partial charge is 0.483 e. The topological polar surface area (TPSA) is 124 Å². The molecule has 2 bridgehead atoms. The Morgan fingerprint density at radius 3 is 2.58 bits per heavy atom. The van der Waals surface area contributed by atoms with E-state index < -0.39 is 0 Å². The molecule has 9 nitrogen and oxygen atoms in total. The third kappa shape index (κ3) is 3.93. The molecule has 2 fully saturated rings. The van der Waals surface area contributed by atoms with Crippen molar-refractivity contribution in [3.63, 3.8) is 0 Å². The Labute approximate surface area is 179 Å². The van der Waals surface area contributed by atoms with E-state index in [1.165, 1.54) is 12.8 Å². The first-order valence-corrected chi connectivity index (χ1v) is 10.4. The summed E-state index contributed by atoms with van der Waals surface area (Å²) in [5.41, 5.74) is 4.10. The minimum absolute atomic E-state index is 0.101. The molecule has 2 saturated heterocycles. The van der Waals surface area contributed by atoms with Crippen LogP contribution in [-0.4, -0.2) is 62.9 Å². The van der Waals surface area contributed by atoms with E-state index in [2.05, 4.69) is 32.6 Å². The maximum Gasteiger partial charge on any atom is 0.290 e. The average Bonchev–Trinajstić information content (AvgIpc) is 3.35. The van der Waals surface area contributed by atoms with Crippen molar-refractivity contribution in [2.24, 2.45) is 0 Å². The molecule has 2 aromatic heterocycles. The summed E-state index contributed by atoms with van der Waals surface area (Å²) in [5, 5.41) is 22.3. The van der Waals surface area contributed by atoms with Crippen molar-refractivity contribution in [2.75, 3.05) is 7.05 Å². The maximum absolute atomic E-state index is 13.0. The SMILES string of the molecule is Cc1noc(C)c1-c1ccc2[nH]nc(C(=O)NC3CC4CCC(C3)N4C)c2c1.O=CO. The van der Waals surface area contributed by atoms with Gasteiger partial charge in [0.15, 0.2) is 5.69 Å². The molecular weight excluding hydrogens is 398 g/mol. The van der Waals surface area contributed by atoms with Gasteiger partial charge in [-0.15, -0.1) is 0 Å². The van der Waals surface area contributed by atoms with Crippen LogP contribution in [0.5, 0.6) is 0 Å². The van der Waals surface area contributed by atoms with Gasteiger partial charge in [0.1, 0.15) is 5.76 Å². The van der Waals surface area contributed by atoms with Gasteiger partial charge >= 0.3 is 0 Å². The summed E-state index contributed by atoms with van der Waals surface area (Å²) in [4.78, 5) is 23.8. The molecule has 5 rings (SSSR count). The molecule has 1 amide bonds. The number of aromatic nitrogens is 3. The highest BCUT2D eigenvalue weighted by Gasteiger charge is 2.39. The van der Waals surface area contributed by atoms with E-state index in [0.29, 0.717) is 17.8 Å². The number of aryl methyl sites for hydroxylation is 2. The number of fused-ring (bicyclic) bond motifs is 3. The zero-order valence-corrected chi connectivity index (χ0v) is 17.9. The van der Waals surface area contributed by atoms with Gasteiger partial charge in [-0.2, -0.15) is 5.10 Å². The number of nitrogens with zero attached hydrogens (tertiary/aromatic N) is 3. The van der Waals surface area contributed by atoms with Crippen molar-refractivity contribution >= 4 is 23.3 Å². The zero-order valence-electron chi connectivity index (χ0n) is 17.9. The van der Waals surface area contributed by atoms with Gasteiger partial charge in [-0.1, -0.05) is 11.2 Å². The molecule has 2 atom stereocenters. The molecular formula is C22H27N5O4. The Morgan fingerprint density at radius 2 is 1.97 bits per heavy atom. The molecule has 164 valence electrons.